The second kappa shape index (κ2) is 8.89. The van der Waals surface area contributed by atoms with E-state index in [0.29, 0.717) is 6.42 Å². The zero-order valence-corrected chi connectivity index (χ0v) is 9.86. The van der Waals surface area contributed by atoms with Crippen LogP contribution >= 0.6 is 0 Å². The first-order valence-electron chi connectivity index (χ1n) is 5.12. The van der Waals surface area contributed by atoms with Crippen molar-refractivity contribution in [1.29, 1.82) is 5.26 Å². The van der Waals surface area contributed by atoms with E-state index in [1.165, 1.54) is 13.2 Å². The predicted molar refractivity (Wildman–Crippen MR) is 57.1 cm³/mol. The summed E-state index contributed by atoms with van der Waals surface area (Å²) < 4.78 is 4.89. The number of allylic oxidation sites excluding steroid dienone is 1. The van der Waals surface area contributed by atoms with Crippen LogP contribution in [-0.4, -0.2) is 25.8 Å². The molecule has 90 valence electrons. The third-order valence-corrected chi connectivity index (χ3v) is 1.82. The van der Waals surface area contributed by atoms with Crippen molar-refractivity contribution in [2.45, 2.75) is 32.8 Å². The largest absolute Gasteiger partial charge is 0.383 e. The summed E-state index contributed by atoms with van der Waals surface area (Å²) in [4.78, 5) is 20.4. The van der Waals surface area contributed by atoms with Crippen LogP contribution in [0.5, 0.6) is 0 Å². The standard InChI is InChI=1S/C11H17NO4/c1-4-5-6-10(7-12)11(13)16-15-8-9(2)14-3/h6,9H,4-5,8H2,1-3H3. The van der Waals surface area contributed by atoms with Gasteiger partial charge in [-0.05, 0) is 13.3 Å². The second-order valence-corrected chi connectivity index (χ2v) is 3.22. The van der Waals surface area contributed by atoms with Crippen LogP contribution < -0.4 is 0 Å². The molecule has 5 nitrogen and oxygen atoms in total. The van der Waals surface area contributed by atoms with Crippen LogP contribution in [0.4, 0.5) is 0 Å². The first-order chi connectivity index (χ1) is 7.65. The molecule has 0 aliphatic carbocycles. The molecule has 16 heavy (non-hydrogen) atoms. The number of methoxy groups -OCH3 is 1. The number of rotatable bonds is 7. The Morgan fingerprint density at radius 2 is 2.25 bits per heavy atom. The molecular formula is C11H17NO4. The quantitative estimate of drug-likeness (QED) is 0.287. The minimum atomic E-state index is -0.765. The van der Waals surface area contributed by atoms with Crippen LogP contribution in [0.1, 0.15) is 26.7 Å². The Labute approximate surface area is 95.5 Å². The van der Waals surface area contributed by atoms with E-state index >= 15 is 0 Å². The summed E-state index contributed by atoms with van der Waals surface area (Å²) in [6, 6.07) is 1.76. The molecule has 5 heteroatoms. The molecule has 0 spiro atoms. The number of hydrogen-bond acceptors (Lipinski definition) is 5. The zero-order valence-electron chi connectivity index (χ0n) is 9.86. The van der Waals surface area contributed by atoms with Gasteiger partial charge in [-0.15, -0.1) is 0 Å². The van der Waals surface area contributed by atoms with E-state index in [9.17, 15) is 4.79 Å². The number of nitriles is 1. The third-order valence-electron chi connectivity index (χ3n) is 1.82. The number of ether oxygens (including phenoxy) is 1. The summed E-state index contributed by atoms with van der Waals surface area (Å²) in [6.45, 7) is 3.86. The van der Waals surface area contributed by atoms with Gasteiger partial charge in [-0.2, -0.15) is 10.1 Å². The molecule has 0 fully saturated rings. The molecule has 0 bridgehead atoms. The number of nitrogens with zero attached hydrogens (tertiary/aromatic N) is 1. The van der Waals surface area contributed by atoms with Crippen LogP contribution in [0.15, 0.2) is 11.6 Å². The van der Waals surface area contributed by atoms with Crippen LogP contribution in [0.2, 0.25) is 0 Å². The van der Waals surface area contributed by atoms with E-state index < -0.39 is 5.97 Å². The van der Waals surface area contributed by atoms with Gasteiger partial charge in [0, 0.05) is 7.11 Å². The Morgan fingerprint density at radius 3 is 2.75 bits per heavy atom. The summed E-state index contributed by atoms with van der Waals surface area (Å²) in [6.07, 6.45) is 2.88. The topological polar surface area (TPSA) is 68.6 Å². The summed E-state index contributed by atoms with van der Waals surface area (Å²) in [5.41, 5.74) is -0.0353. The van der Waals surface area contributed by atoms with Crippen molar-refractivity contribution in [2.24, 2.45) is 0 Å². The minimum absolute atomic E-state index is 0.0353. The first kappa shape index (κ1) is 14.6. The van der Waals surface area contributed by atoms with E-state index in [0.717, 1.165) is 6.42 Å². The monoisotopic (exact) mass is 227 g/mol. The average molecular weight is 227 g/mol. The Bertz CT molecular complexity index is 280. The summed E-state index contributed by atoms with van der Waals surface area (Å²) in [5.74, 6) is -0.765. The van der Waals surface area contributed by atoms with Crippen molar-refractivity contribution in [2.75, 3.05) is 13.7 Å². The van der Waals surface area contributed by atoms with Crippen LogP contribution in [0.25, 0.3) is 0 Å². The van der Waals surface area contributed by atoms with Gasteiger partial charge in [0.25, 0.3) is 0 Å². The highest BCUT2D eigenvalue weighted by Gasteiger charge is 2.12. The fourth-order valence-corrected chi connectivity index (χ4v) is 0.760. The third kappa shape index (κ3) is 6.17. The van der Waals surface area contributed by atoms with Gasteiger partial charge in [0.15, 0.2) is 0 Å². The van der Waals surface area contributed by atoms with Crippen LogP contribution in [-0.2, 0) is 19.3 Å². The van der Waals surface area contributed by atoms with E-state index in [-0.39, 0.29) is 18.3 Å². The van der Waals surface area contributed by atoms with Crippen molar-refractivity contribution < 1.29 is 19.3 Å². The number of unbranched alkanes of at least 4 members (excludes halogenated alkanes) is 1. The molecule has 0 aromatic heterocycles. The second-order valence-electron chi connectivity index (χ2n) is 3.22. The lowest BCUT2D eigenvalue weighted by Crippen LogP contribution is -2.16. The molecular weight excluding hydrogens is 210 g/mol. The van der Waals surface area contributed by atoms with Crippen molar-refractivity contribution in [1.82, 2.24) is 0 Å². The smallest absolute Gasteiger partial charge is 0.379 e. The maximum Gasteiger partial charge on any atom is 0.383 e. The van der Waals surface area contributed by atoms with Crippen LogP contribution in [0, 0.1) is 11.3 Å². The predicted octanol–water partition coefficient (Wildman–Crippen LogP) is 1.75. The molecule has 0 aromatic carbocycles. The maximum atomic E-state index is 11.3. The van der Waals surface area contributed by atoms with E-state index in [1.807, 2.05) is 6.92 Å². The molecule has 0 radical (unpaired) electrons. The van der Waals surface area contributed by atoms with Gasteiger partial charge in [0.2, 0.25) is 0 Å². The van der Waals surface area contributed by atoms with Gasteiger partial charge in [0.05, 0.1) is 6.10 Å². The van der Waals surface area contributed by atoms with Crippen molar-refractivity contribution in [3.8, 4) is 6.07 Å². The molecule has 0 aliphatic heterocycles. The SMILES string of the molecule is CCCC=C(C#N)C(=O)OOCC(C)OC. The molecule has 0 saturated carbocycles. The summed E-state index contributed by atoms with van der Waals surface area (Å²) in [5, 5.41) is 8.68. The van der Waals surface area contributed by atoms with E-state index in [2.05, 4.69) is 9.78 Å². The molecule has 0 saturated heterocycles. The minimum Gasteiger partial charge on any atom is -0.379 e. The molecule has 1 atom stereocenters. The van der Waals surface area contributed by atoms with Gasteiger partial charge in [-0.25, -0.2) is 4.79 Å². The highest BCUT2D eigenvalue weighted by molar-refractivity contribution is 5.92. The number of hydrogen-bond donors (Lipinski definition) is 0. The van der Waals surface area contributed by atoms with Gasteiger partial charge in [0.1, 0.15) is 18.2 Å². The van der Waals surface area contributed by atoms with Crippen molar-refractivity contribution >= 4 is 5.97 Å². The molecule has 1 unspecified atom stereocenters. The first-order valence-corrected chi connectivity index (χ1v) is 5.12. The normalized spacial score (nSPS) is 13.0. The van der Waals surface area contributed by atoms with Crippen LogP contribution in [0.3, 0.4) is 0 Å². The van der Waals surface area contributed by atoms with Crippen molar-refractivity contribution in [3.05, 3.63) is 11.6 Å². The van der Waals surface area contributed by atoms with Crippen molar-refractivity contribution in [3.63, 3.8) is 0 Å². The lowest BCUT2D eigenvalue weighted by atomic mass is 10.2. The maximum absolute atomic E-state index is 11.3. The lowest BCUT2D eigenvalue weighted by Gasteiger charge is -2.08. The Balaban J connectivity index is 4.00. The number of carbonyl (C=O) groups excluding carboxylic acids is 1. The zero-order chi connectivity index (χ0) is 12.4. The molecule has 0 heterocycles. The average Bonchev–Trinajstić information content (AvgIpc) is 2.29. The lowest BCUT2D eigenvalue weighted by molar-refractivity contribution is -0.277. The van der Waals surface area contributed by atoms with Gasteiger partial charge in [-0.3, -0.25) is 4.89 Å². The van der Waals surface area contributed by atoms with Gasteiger partial charge in [-0.1, -0.05) is 19.4 Å². The molecule has 0 aliphatic rings. The summed E-state index contributed by atoms with van der Waals surface area (Å²) in [7, 11) is 1.53. The molecule has 0 N–H and O–H groups in total. The fourth-order valence-electron chi connectivity index (χ4n) is 0.760. The van der Waals surface area contributed by atoms with Gasteiger partial charge < -0.3 is 4.74 Å². The van der Waals surface area contributed by atoms with E-state index in [4.69, 9.17) is 10.00 Å². The molecule has 0 aromatic rings. The molecule has 0 rings (SSSR count). The van der Waals surface area contributed by atoms with E-state index in [1.54, 1.807) is 13.0 Å². The Hall–Kier alpha value is -1.38. The highest BCUT2D eigenvalue weighted by atomic mass is 17.2. The van der Waals surface area contributed by atoms with Gasteiger partial charge >= 0.3 is 5.97 Å². The number of carbonyl (C=O) groups is 1. The Kier molecular flexibility index (Phi) is 8.12. The fraction of sp³-hybridized carbons (Fsp3) is 0.636. The highest BCUT2D eigenvalue weighted by Crippen LogP contribution is 2.02. The molecule has 0 amide bonds. The summed E-state index contributed by atoms with van der Waals surface area (Å²) >= 11 is 0. The Morgan fingerprint density at radius 1 is 1.56 bits per heavy atom.